The summed E-state index contributed by atoms with van der Waals surface area (Å²) in [7, 11) is -10.3. The molecule has 2 aliphatic carbocycles. The molecule has 10 N–H and O–H groups in total. The normalized spacial score (nSPS) is 25.4. The van der Waals surface area contributed by atoms with Crippen LogP contribution in [0.15, 0.2) is 95.1 Å². The van der Waals surface area contributed by atoms with E-state index in [4.69, 9.17) is 22.5 Å². The average molecular weight is 717 g/mol. The molecule has 258 valence electrons. The van der Waals surface area contributed by atoms with Gasteiger partial charge in [-0.15, -0.1) is 0 Å². The fourth-order valence-electron chi connectivity index (χ4n) is 7.43. The molecule has 0 spiro atoms. The minimum atomic E-state index is -5.17. The number of aryl methyl sites for hydroxylation is 2. The van der Waals surface area contributed by atoms with E-state index in [1.807, 2.05) is 0 Å². The molecule has 0 saturated heterocycles. The van der Waals surface area contributed by atoms with E-state index >= 15 is 0 Å². The fourth-order valence-corrected chi connectivity index (χ4v) is 9.98. The molecular formula is C34H32N6O8S2. The van der Waals surface area contributed by atoms with Crippen LogP contribution in [0.5, 0.6) is 0 Å². The number of nitrogens with zero attached hydrogens (tertiary/aromatic N) is 2. The van der Waals surface area contributed by atoms with Crippen LogP contribution in [0.2, 0.25) is 0 Å². The Bertz CT molecular complexity index is 2260. The highest BCUT2D eigenvalue weighted by molar-refractivity contribution is 7.87. The van der Waals surface area contributed by atoms with Crippen molar-refractivity contribution in [2.24, 2.45) is 21.9 Å². The van der Waals surface area contributed by atoms with Gasteiger partial charge in [-0.1, -0.05) is 84.9 Å². The summed E-state index contributed by atoms with van der Waals surface area (Å²) in [6, 6.07) is 20.8. The topological polar surface area (TPSA) is 274 Å². The summed E-state index contributed by atoms with van der Waals surface area (Å²) in [6.07, 6.45) is -4.11. The van der Waals surface area contributed by atoms with Crippen LogP contribution in [0.25, 0.3) is 11.1 Å². The van der Waals surface area contributed by atoms with E-state index in [1.165, 1.54) is 60.7 Å². The second kappa shape index (κ2) is 11.8. The lowest BCUT2D eigenvalue weighted by Gasteiger charge is -2.41. The summed E-state index contributed by atoms with van der Waals surface area (Å²) in [5.41, 5.74) is 0.646. The van der Waals surface area contributed by atoms with E-state index in [2.05, 4.69) is 10.2 Å². The van der Waals surface area contributed by atoms with Gasteiger partial charge in [0.15, 0.2) is 9.49 Å². The second-order valence-electron chi connectivity index (χ2n) is 12.2. The first-order valence-corrected chi connectivity index (χ1v) is 17.8. The fraction of sp³-hybridized carbons (Fsp3) is 0.176. The molecule has 4 atom stereocenters. The van der Waals surface area contributed by atoms with Crippen LogP contribution >= 0.6 is 0 Å². The number of hydrazone groups is 2. The van der Waals surface area contributed by atoms with Gasteiger partial charge in [-0.05, 0) is 58.4 Å². The molecule has 0 fully saturated rings. The molecule has 6 rings (SSSR count). The van der Waals surface area contributed by atoms with Crippen LogP contribution in [0.1, 0.15) is 44.5 Å². The predicted molar refractivity (Wildman–Crippen MR) is 188 cm³/mol. The Morgan fingerprint density at radius 1 is 0.600 bits per heavy atom. The molecule has 50 heavy (non-hydrogen) atoms. The molecule has 16 heteroatoms. The van der Waals surface area contributed by atoms with Crippen molar-refractivity contribution in [1.29, 1.82) is 10.8 Å². The zero-order valence-electron chi connectivity index (χ0n) is 26.5. The monoisotopic (exact) mass is 716 g/mol. The highest BCUT2D eigenvalue weighted by Gasteiger charge is 2.60. The maximum absolute atomic E-state index is 13.4. The van der Waals surface area contributed by atoms with Crippen molar-refractivity contribution in [1.82, 2.24) is 0 Å². The largest absolute Gasteiger partial charge is 0.384 e. The number of nitrogens with one attached hydrogen (secondary N) is 2. The lowest BCUT2D eigenvalue weighted by molar-refractivity contribution is 0.196. The minimum absolute atomic E-state index is 0.0348. The first-order chi connectivity index (χ1) is 23.5. The Morgan fingerprint density at radius 2 is 0.940 bits per heavy atom. The Kier molecular flexibility index (Phi) is 8.17. The van der Waals surface area contributed by atoms with Crippen molar-refractivity contribution in [3.05, 3.63) is 129 Å². The van der Waals surface area contributed by atoms with Gasteiger partial charge in [0.05, 0.1) is 11.4 Å². The zero-order chi connectivity index (χ0) is 36.6. The van der Waals surface area contributed by atoms with Crippen LogP contribution in [0, 0.1) is 24.7 Å². The summed E-state index contributed by atoms with van der Waals surface area (Å²) in [5.74, 6) is 11.0. The van der Waals surface area contributed by atoms with Crippen LogP contribution in [-0.4, -0.2) is 71.2 Å². The van der Waals surface area contributed by atoms with Crippen LogP contribution in [0.3, 0.4) is 0 Å². The molecule has 0 aromatic heterocycles. The number of rotatable bonds is 5. The lowest BCUT2D eigenvalue weighted by Crippen LogP contribution is -2.57. The summed E-state index contributed by atoms with van der Waals surface area (Å²) in [4.78, 5) is 0. The molecule has 0 bridgehead atoms. The number of nitrogens with two attached hydrogens (primary N) is 2. The summed E-state index contributed by atoms with van der Waals surface area (Å²) in [5, 5.41) is 47.0. The van der Waals surface area contributed by atoms with Gasteiger partial charge in [-0.25, -0.2) is 0 Å². The van der Waals surface area contributed by atoms with E-state index in [0.29, 0.717) is 22.3 Å². The molecule has 0 amide bonds. The first-order valence-electron chi connectivity index (χ1n) is 15.0. The smallest absolute Gasteiger partial charge is 0.282 e. The molecule has 0 radical (unpaired) electrons. The number of hydrogen-bond acceptors (Lipinski definition) is 12. The molecule has 4 aromatic rings. The Hall–Kier alpha value is -5.10. The summed E-state index contributed by atoms with van der Waals surface area (Å²) in [6.45, 7) is 3.34. The van der Waals surface area contributed by atoms with Crippen molar-refractivity contribution < 1.29 is 36.2 Å². The van der Waals surface area contributed by atoms with E-state index in [0.717, 1.165) is 0 Å². The van der Waals surface area contributed by atoms with Crippen molar-refractivity contribution in [3.63, 3.8) is 0 Å². The van der Waals surface area contributed by atoms with Gasteiger partial charge in [0.1, 0.15) is 23.6 Å². The highest BCUT2D eigenvalue weighted by atomic mass is 32.2. The van der Waals surface area contributed by atoms with Crippen LogP contribution < -0.4 is 11.7 Å². The Morgan fingerprint density at radius 3 is 1.24 bits per heavy atom. The van der Waals surface area contributed by atoms with Gasteiger partial charge in [0.25, 0.3) is 20.2 Å². The molecule has 0 aliphatic heterocycles. The van der Waals surface area contributed by atoms with Crippen molar-refractivity contribution in [3.8, 4) is 11.1 Å². The molecule has 0 heterocycles. The second-order valence-corrected chi connectivity index (χ2v) is 15.3. The number of aliphatic hydroxyl groups excluding tert-OH is 2. The lowest BCUT2D eigenvalue weighted by atomic mass is 9.73. The van der Waals surface area contributed by atoms with E-state index in [-0.39, 0.29) is 44.8 Å². The van der Waals surface area contributed by atoms with Gasteiger partial charge in [-0.2, -0.15) is 27.0 Å². The summed E-state index contributed by atoms with van der Waals surface area (Å²) < 4.78 is 70.0. The van der Waals surface area contributed by atoms with Crippen molar-refractivity contribution in [2.75, 3.05) is 0 Å². The zero-order valence-corrected chi connectivity index (χ0v) is 28.2. The third kappa shape index (κ3) is 4.53. The number of fused-ring (bicyclic) bond motifs is 2. The van der Waals surface area contributed by atoms with E-state index in [1.54, 1.807) is 38.1 Å². The van der Waals surface area contributed by atoms with Crippen LogP contribution in [0.4, 0.5) is 0 Å². The van der Waals surface area contributed by atoms with Gasteiger partial charge in [0.2, 0.25) is 0 Å². The van der Waals surface area contributed by atoms with E-state index in [9.17, 15) is 36.2 Å². The van der Waals surface area contributed by atoms with Gasteiger partial charge in [0, 0.05) is 11.1 Å². The van der Waals surface area contributed by atoms with Gasteiger partial charge in [-0.3, -0.25) is 19.9 Å². The maximum atomic E-state index is 13.4. The Labute approximate surface area is 287 Å². The SMILES string of the molecule is Cc1cc(C2(S(=O)(=O)O)c3ccccc3C(=N)/C(=N/N)C2O)ccc1-c1ccc(C2(S(=O)(=O)O)c3ccccc3C(=N)/C(=N\N)C2O)cc1C. The van der Waals surface area contributed by atoms with Crippen molar-refractivity contribution >= 4 is 43.1 Å². The number of benzene rings is 4. The number of hydrogen-bond donors (Lipinski definition) is 8. The standard InChI is InChI=1S/C34H32N6O8S2/c1-17-15-19(33(49(43,44)45)25-9-5-3-7-23(25)27(35)29(39-37)31(33)41)11-13-21(17)22-14-12-20(16-18(22)2)34(50(46,47)48)26-10-6-4-8-24(26)28(36)30(40-38)32(34)42/h3-16,31-32,35-36,41-42H,37-38H2,1-2H3,(H,43,44,45)(H,46,47,48)/b35-27?,36-28?,39-29-,40-30+. The third-order valence-corrected chi connectivity index (χ3v) is 12.7. The molecule has 14 nitrogen and oxygen atoms in total. The van der Waals surface area contributed by atoms with Gasteiger partial charge < -0.3 is 21.9 Å². The van der Waals surface area contributed by atoms with Gasteiger partial charge >= 0.3 is 0 Å². The molecular weight excluding hydrogens is 685 g/mol. The quantitative estimate of drug-likeness (QED) is 0.0848. The minimum Gasteiger partial charge on any atom is -0.384 e. The molecule has 2 aliphatic rings. The molecule has 4 aromatic carbocycles. The third-order valence-electron chi connectivity index (χ3n) is 9.69. The maximum Gasteiger partial charge on any atom is 0.282 e. The predicted octanol–water partition coefficient (Wildman–Crippen LogP) is 2.35. The van der Waals surface area contributed by atoms with E-state index < -0.39 is 53.4 Å². The van der Waals surface area contributed by atoms with Crippen LogP contribution in [-0.2, 0) is 29.7 Å². The molecule has 0 saturated carbocycles. The van der Waals surface area contributed by atoms with Crippen molar-refractivity contribution in [2.45, 2.75) is 35.5 Å². The highest BCUT2D eigenvalue weighted by Crippen LogP contribution is 2.49. The molecule has 4 unspecified atom stereocenters. The Balaban J connectivity index is 1.55. The number of aliphatic hydroxyl groups is 2. The first kappa shape index (κ1) is 34.8. The average Bonchev–Trinajstić information content (AvgIpc) is 3.05. The summed E-state index contributed by atoms with van der Waals surface area (Å²) >= 11 is 0.